The predicted molar refractivity (Wildman–Crippen MR) is 84.0 cm³/mol. The minimum Gasteiger partial charge on any atom is -0.444 e. The normalized spacial score (nSPS) is 18.3. The molecule has 1 fully saturated rings. The number of likely N-dealkylation sites (tertiary alicyclic amines) is 1. The van der Waals surface area contributed by atoms with Crippen LogP contribution in [0.3, 0.4) is 0 Å². The molecule has 1 heterocycles. The zero-order valence-corrected chi connectivity index (χ0v) is 13.9. The molecule has 0 aromatic heterocycles. The number of rotatable bonds is 4. The first-order valence-corrected chi connectivity index (χ1v) is 7.88. The zero-order valence-electron chi connectivity index (χ0n) is 13.9. The molecule has 1 aromatic rings. The summed E-state index contributed by atoms with van der Waals surface area (Å²) in [6, 6.07) is 4.16. The van der Waals surface area contributed by atoms with Crippen LogP contribution >= 0.6 is 0 Å². The third-order valence-corrected chi connectivity index (χ3v) is 3.72. The van der Waals surface area contributed by atoms with E-state index in [1.54, 1.807) is 11.0 Å². The second kappa shape index (κ2) is 7.25. The third-order valence-electron chi connectivity index (χ3n) is 3.72. The molecule has 1 aromatic carbocycles. The molecule has 1 amide bonds. The summed E-state index contributed by atoms with van der Waals surface area (Å²) in [5.74, 6) is -1.35. The summed E-state index contributed by atoms with van der Waals surface area (Å²) in [5.41, 5.74) is -0.186. The molecule has 6 heteroatoms. The van der Waals surface area contributed by atoms with E-state index in [0.717, 1.165) is 12.5 Å². The van der Waals surface area contributed by atoms with Gasteiger partial charge >= 0.3 is 6.09 Å². The highest BCUT2D eigenvalue weighted by Crippen LogP contribution is 2.19. The molecule has 1 aliphatic rings. The molecule has 1 atom stereocenters. The number of carbonyl (C=O) groups excluding carboxylic acids is 1. The number of benzene rings is 1. The van der Waals surface area contributed by atoms with Gasteiger partial charge < -0.3 is 15.0 Å². The number of halogens is 2. The second-order valence-corrected chi connectivity index (χ2v) is 6.92. The Labute approximate surface area is 135 Å². The molecule has 0 aliphatic carbocycles. The zero-order chi connectivity index (χ0) is 17.0. The lowest BCUT2D eigenvalue weighted by molar-refractivity contribution is 0.0288. The van der Waals surface area contributed by atoms with Gasteiger partial charge in [0.25, 0.3) is 0 Å². The van der Waals surface area contributed by atoms with Crippen molar-refractivity contribution < 1.29 is 18.3 Å². The van der Waals surface area contributed by atoms with E-state index < -0.39 is 17.2 Å². The van der Waals surface area contributed by atoms with Gasteiger partial charge in [-0.2, -0.15) is 0 Å². The lowest BCUT2D eigenvalue weighted by Gasteiger charge is -2.24. The first-order valence-electron chi connectivity index (χ1n) is 7.88. The van der Waals surface area contributed by atoms with Crippen molar-refractivity contribution >= 4 is 6.09 Å². The fourth-order valence-corrected chi connectivity index (χ4v) is 2.59. The van der Waals surface area contributed by atoms with E-state index in [1.807, 2.05) is 20.8 Å². The molecule has 1 saturated heterocycles. The summed E-state index contributed by atoms with van der Waals surface area (Å²) in [5, 5.41) is 3.13. The molecule has 1 N–H and O–H groups in total. The van der Waals surface area contributed by atoms with Gasteiger partial charge in [0.1, 0.15) is 5.60 Å². The van der Waals surface area contributed by atoms with Crippen LogP contribution in [0.5, 0.6) is 0 Å². The fraction of sp³-hybridized carbons (Fsp3) is 0.588. The lowest BCUT2D eigenvalue weighted by Crippen LogP contribution is -2.36. The van der Waals surface area contributed by atoms with Crippen LogP contribution in [-0.2, 0) is 11.3 Å². The summed E-state index contributed by atoms with van der Waals surface area (Å²) in [6.45, 7) is 7.72. The van der Waals surface area contributed by atoms with Gasteiger partial charge in [0.05, 0.1) is 0 Å². The average Bonchev–Trinajstić information content (AvgIpc) is 2.91. The molecule has 23 heavy (non-hydrogen) atoms. The highest BCUT2D eigenvalue weighted by Gasteiger charge is 2.29. The fourth-order valence-electron chi connectivity index (χ4n) is 2.59. The molecule has 0 saturated carbocycles. The highest BCUT2D eigenvalue weighted by atomic mass is 19.2. The van der Waals surface area contributed by atoms with Crippen molar-refractivity contribution in [1.29, 1.82) is 0 Å². The Kier molecular flexibility index (Phi) is 5.57. The molecule has 1 aliphatic heterocycles. The predicted octanol–water partition coefficient (Wildman–Crippen LogP) is 3.31. The van der Waals surface area contributed by atoms with Crippen LogP contribution < -0.4 is 5.32 Å². The molecule has 4 nitrogen and oxygen atoms in total. The average molecular weight is 326 g/mol. The minimum atomic E-state index is -0.832. The van der Waals surface area contributed by atoms with Crippen molar-refractivity contribution in [3.8, 4) is 0 Å². The van der Waals surface area contributed by atoms with Crippen molar-refractivity contribution in [3.63, 3.8) is 0 Å². The number of carbonyl (C=O) groups is 1. The maximum absolute atomic E-state index is 13.5. The Hall–Kier alpha value is -1.69. The van der Waals surface area contributed by atoms with E-state index in [2.05, 4.69) is 5.32 Å². The smallest absolute Gasteiger partial charge is 0.410 e. The van der Waals surface area contributed by atoms with E-state index >= 15 is 0 Å². The van der Waals surface area contributed by atoms with Crippen LogP contribution in [0.15, 0.2) is 18.2 Å². The van der Waals surface area contributed by atoms with E-state index in [1.165, 1.54) is 6.07 Å². The molecule has 128 valence electrons. The van der Waals surface area contributed by atoms with Crippen molar-refractivity contribution in [2.45, 2.75) is 39.3 Å². The molecule has 0 spiro atoms. The Morgan fingerprint density at radius 2 is 2.13 bits per heavy atom. The van der Waals surface area contributed by atoms with Crippen LogP contribution in [0.1, 0.15) is 32.8 Å². The quantitative estimate of drug-likeness (QED) is 0.923. The monoisotopic (exact) mass is 326 g/mol. The van der Waals surface area contributed by atoms with Crippen LogP contribution in [0.2, 0.25) is 0 Å². The second-order valence-electron chi connectivity index (χ2n) is 6.92. The standard InChI is InChI=1S/C17H24F2N2O2/c1-17(2,3)23-16(22)21-8-7-12(11-21)9-20-10-13-5-4-6-14(18)15(13)19/h4-6,12,20H,7-11H2,1-3H3. The van der Waals surface area contributed by atoms with Crippen molar-refractivity contribution in [1.82, 2.24) is 10.2 Å². The largest absolute Gasteiger partial charge is 0.444 e. The number of hydrogen-bond acceptors (Lipinski definition) is 3. The van der Waals surface area contributed by atoms with E-state index in [0.29, 0.717) is 31.1 Å². The summed E-state index contributed by atoms with van der Waals surface area (Å²) in [4.78, 5) is 13.7. The molecule has 2 rings (SSSR count). The number of hydrogen-bond donors (Lipinski definition) is 1. The van der Waals surface area contributed by atoms with Crippen LogP contribution in [0.4, 0.5) is 13.6 Å². The van der Waals surface area contributed by atoms with Gasteiger partial charge in [-0.05, 0) is 39.2 Å². The Morgan fingerprint density at radius 3 is 2.83 bits per heavy atom. The molecule has 0 radical (unpaired) electrons. The van der Waals surface area contributed by atoms with Crippen molar-refractivity contribution in [2.24, 2.45) is 5.92 Å². The van der Waals surface area contributed by atoms with E-state index in [4.69, 9.17) is 4.74 Å². The summed E-state index contributed by atoms with van der Waals surface area (Å²) < 4.78 is 32.0. The van der Waals surface area contributed by atoms with Crippen LogP contribution in [0.25, 0.3) is 0 Å². The molecular weight excluding hydrogens is 302 g/mol. The van der Waals surface area contributed by atoms with Gasteiger partial charge in [0.2, 0.25) is 0 Å². The lowest BCUT2D eigenvalue weighted by atomic mass is 10.1. The Morgan fingerprint density at radius 1 is 1.39 bits per heavy atom. The topological polar surface area (TPSA) is 41.6 Å². The van der Waals surface area contributed by atoms with Gasteiger partial charge in [-0.1, -0.05) is 12.1 Å². The molecular formula is C17H24F2N2O2. The van der Waals surface area contributed by atoms with E-state index in [-0.39, 0.29) is 12.6 Å². The van der Waals surface area contributed by atoms with Gasteiger partial charge in [-0.25, -0.2) is 13.6 Å². The highest BCUT2D eigenvalue weighted by molar-refractivity contribution is 5.68. The molecule has 0 bridgehead atoms. The van der Waals surface area contributed by atoms with Gasteiger partial charge in [-0.3, -0.25) is 0 Å². The van der Waals surface area contributed by atoms with Crippen molar-refractivity contribution in [2.75, 3.05) is 19.6 Å². The maximum Gasteiger partial charge on any atom is 0.410 e. The van der Waals surface area contributed by atoms with Gasteiger partial charge in [-0.15, -0.1) is 0 Å². The maximum atomic E-state index is 13.5. The summed E-state index contributed by atoms with van der Waals surface area (Å²) in [6.07, 6.45) is 0.578. The number of nitrogens with one attached hydrogen (secondary N) is 1. The van der Waals surface area contributed by atoms with Crippen LogP contribution in [0, 0.1) is 17.6 Å². The third kappa shape index (κ3) is 5.16. The number of nitrogens with zero attached hydrogens (tertiary/aromatic N) is 1. The number of ether oxygens (including phenoxy) is 1. The van der Waals surface area contributed by atoms with Gasteiger partial charge in [0, 0.05) is 31.7 Å². The van der Waals surface area contributed by atoms with E-state index in [9.17, 15) is 13.6 Å². The Bertz CT molecular complexity index is 558. The SMILES string of the molecule is CC(C)(C)OC(=O)N1CCC(CNCc2cccc(F)c2F)C1. The Balaban J connectivity index is 1.76. The first-order chi connectivity index (χ1) is 10.8. The van der Waals surface area contributed by atoms with Gasteiger partial charge in [0.15, 0.2) is 11.6 Å². The summed E-state index contributed by atoms with van der Waals surface area (Å²) >= 11 is 0. The summed E-state index contributed by atoms with van der Waals surface area (Å²) in [7, 11) is 0. The first kappa shape index (κ1) is 17.7. The van der Waals surface area contributed by atoms with Crippen molar-refractivity contribution in [3.05, 3.63) is 35.4 Å². The number of amides is 1. The minimum absolute atomic E-state index is 0.270. The van der Waals surface area contributed by atoms with Crippen LogP contribution in [-0.4, -0.2) is 36.2 Å². The molecule has 1 unspecified atom stereocenters.